The molecule has 28 heavy (non-hydrogen) atoms. The van der Waals surface area contributed by atoms with Gasteiger partial charge < -0.3 is 14.6 Å². The van der Waals surface area contributed by atoms with Gasteiger partial charge in [-0.2, -0.15) is 8.78 Å². The van der Waals surface area contributed by atoms with Crippen LogP contribution in [-0.4, -0.2) is 17.7 Å². The van der Waals surface area contributed by atoms with Crippen molar-refractivity contribution < 1.29 is 28.2 Å². The smallest absolute Gasteiger partial charge is 0.387 e. The van der Waals surface area contributed by atoms with Gasteiger partial charge in [0.05, 0.1) is 5.56 Å². The third kappa shape index (κ3) is 4.98. The number of benzene rings is 3. The van der Waals surface area contributed by atoms with Crippen molar-refractivity contribution in [3.8, 4) is 22.6 Å². The quantitative estimate of drug-likeness (QED) is 0.533. The molecule has 0 bridgehead atoms. The fourth-order valence-corrected chi connectivity index (χ4v) is 2.82. The fourth-order valence-electron chi connectivity index (χ4n) is 2.63. The predicted octanol–water partition coefficient (Wildman–Crippen LogP) is 5.89. The number of alkyl halides is 2. The van der Waals surface area contributed by atoms with Crippen LogP contribution in [0.15, 0.2) is 66.7 Å². The highest BCUT2D eigenvalue weighted by Crippen LogP contribution is 2.33. The Balaban J connectivity index is 1.87. The van der Waals surface area contributed by atoms with Crippen molar-refractivity contribution in [2.45, 2.75) is 13.2 Å². The zero-order chi connectivity index (χ0) is 20.1. The summed E-state index contributed by atoms with van der Waals surface area (Å²) in [5, 5.41) is 9.51. The van der Waals surface area contributed by atoms with Gasteiger partial charge in [-0.25, -0.2) is 4.79 Å². The SMILES string of the molecule is O=C(O)c1cccc(OCc2ccc(OC(F)F)c(-c3cccc(Cl)c3)c2)c1. The van der Waals surface area contributed by atoms with Crippen LogP contribution >= 0.6 is 11.6 Å². The van der Waals surface area contributed by atoms with Crippen molar-refractivity contribution in [1.29, 1.82) is 0 Å². The molecule has 0 amide bonds. The van der Waals surface area contributed by atoms with Crippen molar-refractivity contribution in [2.75, 3.05) is 0 Å². The lowest BCUT2D eigenvalue weighted by atomic mass is 10.0. The summed E-state index contributed by atoms with van der Waals surface area (Å²) in [6.45, 7) is -2.84. The lowest BCUT2D eigenvalue weighted by Gasteiger charge is -2.14. The summed E-state index contributed by atoms with van der Waals surface area (Å²) in [5.41, 5.74) is 1.87. The molecule has 0 aromatic heterocycles. The molecule has 0 aliphatic carbocycles. The molecule has 0 fully saturated rings. The summed E-state index contributed by atoms with van der Waals surface area (Å²) in [4.78, 5) is 11.0. The summed E-state index contributed by atoms with van der Waals surface area (Å²) in [6, 6.07) is 17.6. The van der Waals surface area contributed by atoms with Gasteiger partial charge in [-0.15, -0.1) is 0 Å². The number of carboxylic acid groups (broad SMARTS) is 1. The lowest BCUT2D eigenvalue weighted by Crippen LogP contribution is -2.04. The molecule has 3 aromatic rings. The molecule has 0 radical (unpaired) electrons. The van der Waals surface area contributed by atoms with Crippen LogP contribution in [0.2, 0.25) is 5.02 Å². The van der Waals surface area contributed by atoms with E-state index in [2.05, 4.69) is 4.74 Å². The predicted molar refractivity (Wildman–Crippen MR) is 101 cm³/mol. The molecule has 1 N–H and O–H groups in total. The molecule has 7 heteroatoms. The molecule has 144 valence electrons. The highest BCUT2D eigenvalue weighted by atomic mass is 35.5. The Morgan fingerprint density at radius 3 is 2.54 bits per heavy atom. The maximum atomic E-state index is 12.7. The molecular formula is C21H15ClF2O4. The molecule has 0 aliphatic heterocycles. The van der Waals surface area contributed by atoms with Crippen LogP contribution < -0.4 is 9.47 Å². The monoisotopic (exact) mass is 404 g/mol. The Kier molecular flexibility index (Phi) is 6.11. The van der Waals surface area contributed by atoms with E-state index in [4.69, 9.17) is 21.4 Å². The van der Waals surface area contributed by atoms with Crippen LogP contribution in [0.3, 0.4) is 0 Å². The minimum atomic E-state index is -2.96. The number of aromatic carboxylic acids is 1. The summed E-state index contributed by atoms with van der Waals surface area (Å²) < 4.78 is 35.8. The standard InChI is InChI=1S/C21H15ClF2O4/c22-16-5-1-3-14(10-16)18-9-13(7-8-19(18)28-21(23)24)12-27-17-6-2-4-15(11-17)20(25)26/h1-11,21H,12H2,(H,25,26). The van der Waals surface area contributed by atoms with E-state index in [1.54, 1.807) is 48.5 Å². The second-order valence-corrected chi connectivity index (χ2v) is 6.28. The maximum absolute atomic E-state index is 12.7. The number of hydrogen-bond donors (Lipinski definition) is 1. The Morgan fingerprint density at radius 2 is 1.82 bits per heavy atom. The van der Waals surface area contributed by atoms with E-state index in [9.17, 15) is 13.6 Å². The molecule has 3 aromatic carbocycles. The van der Waals surface area contributed by atoms with Gasteiger partial charge in [0, 0.05) is 10.6 Å². The van der Waals surface area contributed by atoms with Gasteiger partial charge in [0.15, 0.2) is 0 Å². The summed E-state index contributed by atoms with van der Waals surface area (Å²) in [5.74, 6) is -0.645. The first-order valence-corrected chi connectivity index (χ1v) is 8.60. The third-order valence-corrected chi connectivity index (χ3v) is 4.12. The average Bonchev–Trinajstić information content (AvgIpc) is 2.67. The second-order valence-electron chi connectivity index (χ2n) is 5.84. The molecule has 0 heterocycles. The molecule has 4 nitrogen and oxygen atoms in total. The first kappa shape index (κ1) is 19.6. The fraction of sp³-hybridized carbons (Fsp3) is 0.0952. The van der Waals surface area contributed by atoms with Gasteiger partial charge >= 0.3 is 12.6 Å². The van der Waals surface area contributed by atoms with Gasteiger partial charge in [0.25, 0.3) is 0 Å². The molecule has 0 unspecified atom stereocenters. The third-order valence-electron chi connectivity index (χ3n) is 3.88. The van der Waals surface area contributed by atoms with Crippen molar-refractivity contribution >= 4 is 17.6 Å². The molecule has 0 saturated heterocycles. The van der Waals surface area contributed by atoms with Gasteiger partial charge in [-0.05, 0) is 53.6 Å². The number of ether oxygens (including phenoxy) is 2. The number of rotatable bonds is 7. The highest BCUT2D eigenvalue weighted by molar-refractivity contribution is 6.30. The van der Waals surface area contributed by atoms with Crippen molar-refractivity contribution in [1.82, 2.24) is 0 Å². The maximum Gasteiger partial charge on any atom is 0.387 e. The highest BCUT2D eigenvalue weighted by Gasteiger charge is 2.13. The van der Waals surface area contributed by atoms with Crippen molar-refractivity contribution in [2.24, 2.45) is 0 Å². The molecule has 0 spiro atoms. The van der Waals surface area contributed by atoms with E-state index in [1.807, 2.05) is 0 Å². The molecule has 0 saturated carbocycles. The van der Waals surface area contributed by atoms with Crippen LogP contribution in [-0.2, 0) is 6.61 Å². The minimum absolute atomic E-state index is 0.0221. The molecule has 0 aliphatic rings. The summed E-state index contributed by atoms with van der Waals surface area (Å²) in [6.07, 6.45) is 0. The van der Waals surface area contributed by atoms with Crippen LogP contribution in [0.1, 0.15) is 15.9 Å². The average molecular weight is 405 g/mol. The van der Waals surface area contributed by atoms with Gasteiger partial charge in [0.1, 0.15) is 18.1 Å². The van der Waals surface area contributed by atoms with E-state index in [0.717, 1.165) is 0 Å². The van der Waals surface area contributed by atoms with Crippen LogP contribution in [0.5, 0.6) is 11.5 Å². The zero-order valence-corrected chi connectivity index (χ0v) is 15.2. The minimum Gasteiger partial charge on any atom is -0.489 e. The van der Waals surface area contributed by atoms with Crippen LogP contribution in [0.25, 0.3) is 11.1 Å². The van der Waals surface area contributed by atoms with E-state index < -0.39 is 12.6 Å². The van der Waals surface area contributed by atoms with Gasteiger partial charge in [-0.1, -0.05) is 35.9 Å². The summed E-state index contributed by atoms with van der Waals surface area (Å²) >= 11 is 6.01. The molecule has 0 atom stereocenters. The Labute approximate surface area is 164 Å². The molecule has 3 rings (SSSR count). The lowest BCUT2D eigenvalue weighted by molar-refractivity contribution is -0.0494. The van der Waals surface area contributed by atoms with Crippen molar-refractivity contribution in [3.63, 3.8) is 0 Å². The number of carbonyl (C=O) groups is 1. The van der Waals surface area contributed by atoms with E-state index >= 15 is 0 Å². The summed E-state index contributed by atoms with van der Waals surface area (Å²) in [7, 11) is 0. The molecular weight excluding hydrogens is 390 g/mol. The zero-order valence-electron chi connectivity index (χ0n) is 14.4. The first-order valence-electron chi connectivity index (χ1n) is 8.22. The normalized spacial score (nSPS) is 10.7. The van der Waals surface area contributed by atoms with Crippen molar-refractivity contribution in [3.05, 3.63) is 82.9 Å². The largest absolute Gasteiger partial charge is 0.489 e. The Hall–Kier alpha value is -3.12. The topological polar surface area (TPSA) is 55.8 Å². The number of hydrogen-bond acceptors (Lipinski definition) is 3. The second kappa shape index (κ2) is 8.71. The van der Waals surface area contributed by atoms with E-state index in [1.165, 1.54) is 18.2 Å². The number of halogens is 3. The Bertz CT molecular complexity index is 992. The number of carboxylic acids is 1. The van der Waals surface area contributed by atoms with Crippen LogP contribution in [0, 0.1) is 0 Å². The first-order chi connectivity index (χ1) is 13.4. The van der Waals surface area contributed by atoms with Gasteiger partial charge in [-0.3, -0.25) is 0 Å². The van der Waals surface area contributed by atoms with E-state index in [0.29, 0.717) is 27.5 Å². The van der Waals surface area contributed by atoms with Crippen LogP contribution in [0.4, 0.5) is 8.78 Å². The van der Waals surface area contributed by atoms with Gasteiger partial charge in [0.2, 0.25) is 0 Å². The van der Waals surface area contributed by atoms with E-state index in [-0.39, 0.29) is 17.9 Å². The Morgan fingerprint density at radius 1 is 1.04 bits per heavy atom.